The lowest BCUT2D eigenvalue weighted by atomic mass is 10.0. The minimum Gasteiger partial charge on any atom is -0.480 e. The molecule has 0 bridgehead atoms. The Bertz CT molecular complexity index is 380. The molecular formula is C14H22N2O2. The average molecular weight is 250 g/mol. The predicted molar refractivity (Wildman–Crippen MR) is 73.8 cm³/mol. The van der Waals surface area contributed by atoms with Gasteiger partial charge in [0.1, 0.15) is 6.04 Å². The maximum Gasteiger partial charge on any atom is 0.320 e. The number of nitrogens with one attached hydrogen (secondary N) is 1. The number of hydrogen-bond acceptors (Lipinski definition) is 3. The molecule has 4 nitrogen and oxygen atoms in total. The van der Waals surface area contributed by atoms with Gasteiger partial charge >= 0.3 is 5.97 Å². The summed E-state index contributed by atoms with van der Waals surface area (Å²) in [6.07, 6.45) is 3.86. The third-order valence-electron chi connectivity index (χ3n) is 2.87. The smallest absolute Gasteiger partial charge is 0.320 e. The van der Waals surface area contributed by atoms with E-state index in [4.69, 9.17) is 10.8 Å². The van der Waals surface area contributed by atoms with Crippen molar-refractivity contribution < 1.29 is 9.90 Å². The van der Waals surface area contributed by atoms with E-state index in [-0.39, 0.29) is 0 Å². The number of rotatable bonds is 8. The van der Waals surface area contributed by atoms with Gasteiger partial charge in [0.2, 0.25) is 0 Å². The molecule has 1 aromatic rings. The van der Waals surface area contributed by atoms with Gasteiger partial charge in [-0.25, -0.2) is 0 Å². The highest BCUT2D eigenvalue weighted by Crippen LogP contribution is 2.16. The van der Waals surface area contributed by atoms with E-state index in [2.05, 4.69) is 12.2 Å². The summed E-state index contributed by atoms with van der Waals surface area (Å²) < 4.78 is 0. The summed E-state index contributed by atoms with van der Waals surface area (Å²) in [5.41, 5.74) is 7.52. The first-order chi connectivity index (χ1) is 8.65. The molecular weight excluding hydrogens is 228 g/mol. The van der Waals surface area contributed by atoms with Crippen LogP contribution in [0.4, 0.5) is 5.69 Å². The Balaban J connectivity index is 2.58. The van der Waals surface area contributed by atoms with Gasteiger partial charge in [-0.3, -0.25) is 4.79 Å². The highest BCUT2D eigenvalue weighted by Gasteiger charge is 2.13. The first kappa shape index (κ1) is 14.5. The Morgan fingerprint density at radius 2 is 2.11 bits per heavy atom. The summed E-state index contributed by atoms with van der Waals surface area (Å²) in [6, 6.07) is 6.89. The zero-order valence-electron chi connectivity index (χ0n) is 10.9. The van der Waals surface area contributed by atoms with Crippen LogP contribution in [0.5, 0.6) is 0 Å². The van der Waals surface area contributed by atoms with E-state index < -0.39 is 12.0 Å². The zero-order chi connectivity index (χ0) is 13.4. The molecule has 100 valence electrons. The van der Waals surface area contributed by atoms with Gasteiger partial charge in [0, 0.05) is 18.7 Å². The molecule has 0 aromatic heterocycles. The minimum atomic E-state index is -0.962. The number of benzene rings is 1. The van der Waals surface area contributed by atoms with Crippen LogP contribution in [-0.2, 0) is 11.2 Å². The molecule has 0 spiro atoms. The molecule has 1 rings (SSSR count). The molecule has 0 amide bonds. The number of carbonyl (C=O) groups is 1. The molecule has 1 aromatic carbocycles. The summed E-state index contributed by atoms with van der Waals surface area (Å²) in [6.45, 7) is 3.08. The van der Waals surface area contributed by atoms with Gasteiger partial charge in [-0.15, -0.1) is 0 Å². The van der Waals surface area contributed by atoms with Gasteiger partial charge < -0.3 is 16.2 Å². The van der Waals surface area contributed by atoms with Crippen LogP contribution in [-0.4, -0.2) is 23.7 Å². The number of hydrogen-bond donors (Lipinski definition) is 3. The molecule has 0 saturated carbocycles. The van der Waals surface area contributed by atoms with Crippen LogP contribution in [0.3, 0.4) is 0 Å². The van der Waals surface area contributed by atoms with Crippen LogP contribution in [0.2, 0.25) is 0 Å². The van der Waals surface area contributed by atoms with Gasteiger partial charge in [-0.05, 0) is 18.1 Å². The van der Waals surface area contributed by atoms with E-state index in [9.17, 15) is 4.79 Å². The highest BCUT2D eigenvalue weighted by molar-refractivity contribution is 5.74. The summed E-state index contributed by atoms with van der Waals surface area (Å²) >= 11 is 0. The second-order valence-electron chi connectivity index (χ2n) is 4.44. The molecule has 0 fully saturated rings. The summed E-state index contributed by atoms with van der Waals surface area (Å²) in [4.78, 5) is 10.8. The standard InChI is InChI=1S/C14H22N2O2/c1-2-3-6-9-16-13-8-5-4-7-11(13)10-12(15)14(17)18/h4-5,7-8,12,16H,2-3,6,9-10,15H2,1H3,(H,17,18). The maximum atomic E-state index is 10.8. The first-order valence-electron chi connectivity index (χ1n) is 6.45. The van der Waals surface area contributed by atoms with Crippen molar-refractivity contribution in [1.29, 1.82) is 0 Å². The highest BCUT2D eigenvalue weighted by atomic mass is 16.4. The number of carboxylic acids is 1. The van der Waals surface area contributed by atoms with Gasteiger partial charge in [0.05, 0.1) is 0 Å². The third-order valence-corrected chi connectivity index (χ3v) is 2.87. The lowest BCUT2D eigenvalue weighted by molar-refractivity contribution is -0.138. The van der Waals surface area contributed by atoms with Crippen molar-refractivity contribution >= 4 is 11.7 Å². The van der Waals surface area contributed by atoms with Crippen molar-refractivity contribution in [3.05, 3.63) is 29.8 Å². The minimum absolute atomic E-state index is 0.353. The average Bonchev–Trinajstić information content (AvgIpc) is 2.36. The monoisotopic (exact) mass is 250 g/mol. The second kappa shape index (κ2) is 7.71. The van der Waals surface area contributed by atoms with Crippen LogP contribution in [0.15, 0.2) is 24.3 Å². The lowest BCUT2D eigenvalue weighted by Gasteiger charge is -2.13. The number of nitrogens with two attached hydrogens (primary N) is 1. The molecule has 0 heterocycles. The summed E-state index contributed by atoms with van der Waals surface area (Å²) in [5.74, 6) is -0.962. The molecule has 0 saturated heterocycles. The van der Waals surface area contributed by atoms with Gasteiger partial charge in [0.15, 0.2) is 0 Å². The Hall–Kier alpha value is -1.55. The number of aliphatic carboxylic acids is 1. The summed E-state index contributed by atoms with van der Waals surface area (Å²) in [7, 11) is 0. The topological polar surface area (TPSA) is 75.3 Å². The number of unbranched alkanes of at least 4 members (excludes halogenated alkanes) is 2. The quantitative estimate of drug-likeness (QED) is 0.618. The zero-order valence-corrected chi connectivity index (χ0v) is 10.9. The van der Waals surface area contributed by atoms with Crippen molar-refractivity contribution in [2.75, 3.05) is 11.9 Å². The van der Waals surface area contributed by atoms with Gasteiger partial charge in [0.25, 0.3) is 0 Å². The van der Waals surface area contributed by atoms with E-state index in [0.717, 1.165) is 24.2 Å². The first-order valence-corrected chi connectivity index (χ1v) is 6.45. The Kier molecular flexibility index (Phi) is 6.22. The molecule has 0 aliphatic rings. The number of anilines is 1. The van der Waals surface area contributed by atoms with Gasteiger partial charge in [-0.2, -0.15) is 0 Å². The van der Waals surface area contributed by atoms with Crippen LogP contribution >= 0.6 is 0 Å². The molecule has 0 radical (unpaired) electrons. The fourth-order valence-electron chi connectivity index (χ4n) is 1.79. The van der Waals surface area contributed by atoms with Crippen molar-refractivity contribution in [3.8, 4) is 0 Å². The van der Waals surface area contributed by atoms with E-state index in [0.29, 0.717) is 6.42 Å². The Morgan fingerprint density at radius 3 is 2.78 bits per heavy atom. The molecule has 0 aliphatic heterocycles. The van der Waals surface area contributed by atoms with Gasteiger partial charge in [-0.1, -0.05) is 38.0 Å². The summed E-state index contributed by atoms with van der Waals surface area (Å²) in [5, 5.41) is 12.2. The molecule has 18 heavy (non-hydrogen) atoms. The van der Waals surface area contributed by atoms with Crippen LogP contribution < -0.4 is 11.1 Å². The normalized spacial score (nSPS) is 12.1. The van der Waals surface area contributed by atoms with E-state index in [1.54, 1.807) is 0 Å². The number of carboxylic acid groups (broad SMARTS) is 1. The molecule has 1 unspecified atom stereocenters. The SMILES string of the molecule is CCCCCNc1ccccc1CC(N)C(=O)O. The molecule has 4 heteroatoms. The molecule has 1 atom stereocenters. The van der Waals surface area contributed by atoms with Crippen molar-refractivity contribution in [2.24, 2.45) is 5.73 Å². The second-order valence-corrected chi connectivity index (χ2v) is 4.44. The van der Waals surface area contributed by atoms with Crippen molar-refractivity contribution in [1.82, 2.24) is 0 Å². The lowest BCUT2D eigenvalue weighted by Crippen LogP contribution is -2.32. The van der Waals surface area contributed by atoms with E-state index in [1.807, 2.05) is 24.3 Å². The maximum absolute atomic E-state index is 10.8. The van der Waals surface area contributed by atoms with Crippen LogP contribution in [0, 0.1) is 0 Å². The van der Waals surface area contributed by atoms with Crippen molar-refractivity contribution in [2.45, 2.75) is 38.6 Å². The van der Waals surface area contributed by atoms with Crippen LogP contribution in [0.1, 0.15) is 31.7 Å². The Labute approximate surface area is 108 Å². The fourth-order valence-corrected chi connectivity index (χ4v) is 1.79. The molecule has 0 aliphatic carbocycles. The Morgan fingerprint density at radius 1 is 1.39 bits per heavy atom. The fraction of sp³-hybridized carbons (Fsp3) is 0.500. The number of para-hydroxylation sites is 1. The van der Waals surface area contributed by atoms with Crippen molar-refractivity contribution in [3.63, 3.8) is 0 Å². The molecule has 4 N–H and O–H groups in total. The van der Waals surface area contributed by atoms with E-state index >= 15 is 0 Å². The van der Waals surface area contributed by atoms with E-state index in [1.165, 1.54) is 12.8 Å². The third kappa shape index (κ3) is 4.75. The largest absolute Gasteiger partial charge is 0.480 e. The predicted octanol–water partition coefficient (Wildman–Crippen LogP) is 2.24. The van der Waals surface area contributed by atoms with Crippen LogP contribution in [0.25, 0.3) is 0 Å².